The molecule has 0 saturated carbocycles. The average molecular weight is 376 g/mol. The van der Waals surface area contributed by atoms with Gasteiger partial charge in [-0.05, 0) is 69.2 Å². The second-order valence-electron chi connectivity index (χ2n) is 6.26. The van der Waals surface area contributed by atoms with E-state index in [9.17, 15) is 13.2 Å². The van der Waals surface area contributed by atoms with Gasteiger partial charge >= 0.3 is 0 Å². The first kappa shape index (κ1) is 19.8. The molecule has 0 heterocycles. The summed E-state index contributed by atoms with van der Waals surface area (Å²) in [6.07, 6.45) is 0.00406. The number of anilines is 1. The summed E-state index contributed by atoms with van der Waals surface area (Å²) in [6.45, 7) is 7.32. The smallest absolute Gasteiger partial charge is 0.261 e. The molecule has 0 aliphatic heterocycles. The minimum Gasteiger partial charge on any atom is -0.491 e. The van der Waals surface area contributed by atoms with E-state index in [-0.39, 0.29) is 16.9 Å². The lowest BCUT2D eigenvalue weighted by Gasteiger charge is -2.15. The Labute approximate surface area is 154 Å². The number of hydrogen-bond donors (Lipinski definition) is 2. The summed E-state index contributed by atoms with van der Waals surface area (Å²) < 4.78 is 33.7. The molecule has 0 radical (unpaired) electrons. The van der Waals surface area contributed by atoms with E-state index in [2.05, 4.69) is 10.0 Å². The molecule has 7 heteroatoms. The van der Waals surface area contributed by atoms with Crippen LogP contribution >= 0.6 is 0 Å². The maximum atomic E-state index is 12.7. The molecule has 0 aliphatic rings. The van der Waals surface area contributed by atoms with Gasteiger partial charge < -0.3 is 10.1 Å². The van der Waals surface area contributed by atoms with Crippen LogP contribution in [0, 0.1) is 13.8 Å². The number of nitrogens with one attached hydrogen (secondary N) is 2. The Kier molecular flexibility index (Phi) is 5.92. The Morgan fingerprint density at radius 2 is 1.81 bits per heavy atom. The Hall–Kier alpha value is -2.54. The number of benzene rings is 2. The zero-order valence-corrected chi connectivity index (χ0v) is 16.4. The Morgan fingerprint density at radius 1 is 1.12 bits per heavy atom. The summed E-state index contributed by atoms with van der Waals surface area (Å²) in [4.78, 5) is 12.0. The van der Waals surface area contributed by atoms with Crippen LogP contribution in [0.3, 0.4) is 0 Å². The molecule has 1 amide bonds. The van der Waals surface area contributed by atoms with Crippen molar-refractivity contribution in [2.45, 2.75) is 38.7 Å². The number of ether oxygens (including phenoxy) is 1. The highest BCUT2D eigenvalue weighted by molar-refractivity contribution is 7.92. The molecule has 0 atom stereocenters. The van der Waals surface area contributed by atoms with Crippen molar-refractivity contribution in [3.63, 3.8) is 0 Å². The van der Waals surface area contributed by atoms with Gasteiger partial charge in [-0.25, -0.2) is 8.42 Å². The summed E-state index contributed by atoms with van der Waals surface area (Å²) in [7, 11) is -2.26. The first-order chi connectivity index (χ1) is 12.2. The van der Waals surface area contributed by atoms with E-state index in [4.69, 9.17) is 4.74 Å². The molecule has 0 unspecified atom stereocenters. The van der Waals surface area contributed by atoms with Gasteiger partial charge in [0.2, 0.25) is 0 Å². The SMILES string of the molecule is CNC(=O)c1cccc(NS(=O)(=O)c2ccc(OC(C)C)c(C)c2)c1C. The van der Waals surface area contributed by atoms with Gasteiger partial charge in [0.1, 0.15) is 5.75 Å². The van der Waals surface area contributed by atoms with Crippen molar-refractivity contribution < 1.29 is 17.9 Å². The fraction of sp³-hybridized carbons (Fsp3) is 0.316. The molecule has 140 valence electrons. The van der Waals surface area contributed by atoms with Gasteiger partial charge in [0.25, 0.3) is 15.9 Å². The highest BCUT2D eigenvalue weighted by atomic mass is 32.2. The van der Waals surface area contributed by atoms with Crippen LogP contribution in [0.2, 0.25) is 0 Å². The van der Waals surface area contributed by atoms with Crippen LogP contribution < -0.4 is 14.8 Å². The van der Waals surface area contributed by atoms with E-state index in [0.717, 1.165) is 5.56 Å². The van der Waals surface area contributed by atoms with Gasteiger partial charge in [0.15, 0.2) is 0 Å². The zero-order valence-electron chi connectivity index (χ0n) is 15.6. The Balaban J connectivity index is 2.35. The van der Waals surface area contributed by atoms with Crippen molar-refractivity contribution >= 4 is 21.6 Å². The fourth-order valence-electron chi connectivity index (χ4n) is 2.51. The topological polar surface area (TPSA) is 84.5 Å². The van der Waals surface area contributed by atoms with Gasteiger partial charge in [0.05, 0.1) is 16.7 Å². The first-order valence-corrected chi connectivity index (χ1v) is 9.76. The predicted octanol–water partition coefficient (Wildman–Crippen LogP) is 3.25. The standard InChI is InChI=1S/C19H24N2O4S/c1-12(2)25-18-10-9-15(11-13(18)3)26(23,24)21-17-8-6-7-16(14(17)4)19(22)20-5/h6-12,21H,1-5H3,(H,20,22). The number of sulfonamides is 1. The third kappa shape index (κ3) is 4.35. The van der Waals surface area contributed by atoms with Crippen LogP contribution in [-0.4, -0.2) is 27.5 Å². The number of carbonyl (C=O) groups is 1. The summed E-state index contributed by atoms with van der Waals surface area (Å²) >= 11 is 0. The van der Waals surface area contributed by atoms with E-state index in [1.807, 2.05) is 13.8 Å². The second-order valence-corrected chi connectivity index (χ2v) is 7.94. The van der Waals surface area contributed by atoms with Crippen molar-refractivity contribution in [3.05, 3.63) is 53.1 Å². The van der Waals surface area contributed by atoms with E-state index in [1.54, 1.807) is 44.2 Å². The maximum Gasteiger partial charge on any atom is 0.261 e. The van der Waals surface area contributed by atoms with E-state index >= 15 is 0 Å². The minimum atomic E-state index is -3.79. The van der Waals surface area contributed by atoms with Crippen LogP contribution in [0.5, 0.6) is 5.75 Å². The van der Waals surface area contributed by atoms with Gasteiger partial charge in [-0.3, -0.25) is 9.52 Å². The van der Waals surface area contributed by atoms with Crippen molar-refractivity contribution in [2.24, 2.45) is 0 Å². The van der Waals surface area contributed by atoms with Crippen molar-refractivity contribution in [2.75, 3.05) is 11.8 Å². The fourth-order valence-corrected chi connectivity index (χ4v) is 3.71. The molecule has 2 aromatic rings. The molecule has 0 bridgehead atoms. The van der Waals surface area contributed by atoms with Crippen molar-refractivity contribution in [1.29, 1.82) is 0 Å². The third-order valence-electron chi connectivity index (χ3n) is 3.87. The Morgan fingerprint density at radius 3 is 2.38 bits per heavy atom. The number of aryl methyl sites for hydroxylation is 1. The lowest BCUT2D eigenvalue weighted by Crippen LogP contribution is -2.20. The zero-order chi connectivity index (χ0) is 19.5. The normalized spacial score (nSPS) is 11.3. The highest BCUT2D eigenvalue weighted by Gasteiger charge is 2.19. The number of hydrogen-bond acceptors (Lipinski definition) is 4. The summed E-state index contributed by atoms with van der Waals surface area (Å²) in [5.74, 6) is 0.381. The summed E-state index contributed by atoms with van der Waals surface area (Å²) in [5.41, 5.74) is 2.08. The molecule has 26 heavy (non-hydrogen) atoms. The van der Waals surface area contributed by atoms with Crippen molar-refractivity contribution in [1.82, 2.24) is 5.32 Å². The van der Waals surface area contributed by atoms with E-state index < -0.39 is 10.0 Å². The molecular weight excluding hydrogens is 352 g/mol. The quantitative estimate of drug-likeness (QED) is 0.810. The number of rotatable bonds is 6. The average Bonchev–Trinajstić information content (AvgIpc) is 2.57. The van der Waals surface area contributed by atoms with Crippen LogP contribution in [0.25, 0.3) is 0 Å². The van der Waals surface area contributed by atoms with Gasteiger partial charge in [-0.15, -0.1) is 0 Å². The third-order valence-corrected chi connectivity index (χ3v) is 5.23. The van der Waals surface area contributed by atoms with Crippen LogP contribution in [0.4, 0.5) is 5.69 Å². The van der Waals surface area contributed by atoms with E-state index in [1.165, 1.54) is 13.1 Å². The molecule has 2 aromatic carbocycles. The summed E-state index contributed by atoms with van der Waals surface area (Å²) in [6, 6.07) is 9.64. The van der Waals surface area contributed by atoms with Gasteiger partial charge in [-0.1, -0.05) is 6.07 Å². The Bertz CT molecular complexity index is 921. The number of amides is 1. The first-order valence-electron chi connectivity index (χ1n) is 8.27. The molecule has 2 rings (SSSR count). The predicted molar refractivity (Wildman–Crippen MR) is 102 cm³/mol. The van der Waals surface area contributed by atoms with Gasteiger partial charge in [-0.2, -0.15) is 0 Å². The molecule has 0 fully saturated rings. The summed E-state index contributed by atoms with van der Waals surface area (Å²) in [5, 5.41) is 2.54. The number of carbonyl (C=O) groups excluding carboxylic acids is 1. The lowest BCUT2D eigenvalue weighted by molar-refractivity contribution is 0.0962. The van der Waals surface area contributed by atoms with Crippen LogP contribution in [-0.2, 0) is 10.0 Å². The maximum absolute atomic E-state index is 12.7. The molecule has 6 nitrogen and oxygen atoms in total. The van der Waals surface area contributed by atoms with E-state index in [0.29, 0.717) is 22.6 Å². The molecule has 0 aliphatic carbocycles. The van der Waals surface area contributed by atoms with Crippen LogP contribution in [0.1, 0.15) is 35.3 Å². The van der Waals surface area contributed by atoms with Crippen LogP contribution in [0.15, 0.2) is 41.3 Å². The molecule has 0 saturated heterocycles. The minimum absolute atomic E-state index is 0.00406. The monoisotopic (exact) mass is 376 g/mol. The molecular formula is C19H24N2O4S. The second kappa shape index (κ2) is 7.78. The highest BCUT2D eigenvalue weighted by Crippen LogP contribution is 2.26. The molecule has 0 spiro atoms. The largest absolute Gasteiger partial charge is 0.491 e. The van der Waals surface area contributed by atoms with Crippen molar-refractivity contribution in [3.8, 4) is 5.75 Å². The molecule has 0 aromatic heterocycles. The molecule has 2 N–H and O–H groups in total. The lowest BCUT2D eigenvalue weighted by atomic mass is 10.1. The van der Waals surface area contributed by atoms with Gasteiger partial charge in [0, 0.05) is 12.6 Å².